The highest BCUT2D eigenvalue weighted by molar-refractivity contribution is 6.30. The monoisotopic (exact) mass is 545 g/mol. The molecule has 4 aromatic rings. The molecular formula is C28H24ClN5O5. The molecule has 4 aromatic carbocycles. The van der Waals surface area contributed by atoms with Crippen LogP contribution in [0.2, 0.25) is 5.02 Å². The van der Waals surface area contributed by atoms with E-state index in [4.69, 9.17) is 16.3 Å². The van der Waals surface area contributed by atoms with Crippen molar-refractivity contribution in [2.24, 2.45) is 0 Å². The van der Waals surface area contributed by atoms with Crippen LogP contribution in [0.15, 0.2) is 103 Å². The predicted octanol–water partition coefficient (Wildman–Crippen LogP) is 6.90. The molecule has 39 heavy (non-hydrogen) atoms. The van der Waals surface area contributed by atoms with Gasteiger partial charge in [0, 0.05) is 47.3 Å². The molecule has 0 aromatic heterocycles. The van der Waals surface area contributed by atoms with Gasteiger partial charge in [0.2, 0.25) is 0 Å². The standard InChI is InChI=1S/C28H24ClN5O5/c29-20-6-8-21(9-7-20)31-27(35)30-18-19-33(28(36)32-22-10-12-24(13-11-22)34(37)38)23-14-16-26(17-15-23)39-25-4-2-1-3-5-25/h1-17H,18-19H2,(H,32,36)(H2,30,31,35). The minimum atomic E-state index is -0.516. The Hall–Kier alpha value is -5.09. The van der Waals surface area contributed by atoms with Crippen molar-refractivity contribution in [1.29, 1.82) is 0 Å². The lowest BCUT2D eigenvalue weighted by Crippen LogP contribution is -2.42. The fraction of sp³-hybridized carbons (Fsp3) is 0.0714. The topological polar surface area (TPSA) is 126 Å². The molecule has 0 atom stereocenters. The predicted molar refractivity (Wildman–Crippen MR) is 151 cm³/mol. The lowest BCUT2D eigenvalue weighted by molar-refractivity contribution is -0.384. The molecule has 0 unspecified atom stereocenters. The molecular weight excluding hydrogens is 522 g/mol. The summed E-state index contributed by atoms with van der Waals surface area (Å²) in [4.78, 5) is 37.4. The summed E-state index contributed by atoms with van der Waals surface area (Å²) in [5.74, 6) is 1.26. The van der Waals surface area contributed by atoms with Gasteiger partial charge in [-0.05, 0) is 72.8 Å². The van der Waals surface area contributed by atoms with E-state index in [1.807, 2.05) is 30.3 Å². The summed E-state index contributed by atoms with van der Waals surface area (Å²) < 4.78 is 5.83. The number of nitrogens with zero attached hydrogens (tertiary/aromatic N) is 2. The van der Waals surface area contributed by atoms with E-state index in [2.05, 4.69) is 16.0 Å². The lowest BCUT2D eigenvalue weighted by atomic mass is 10.2. The van der Waals surface area contributed by atoms with E-state index in [1.54, 1.807) is 48.5 Å². The van der Waals surface area contributed by atoms with Crippen molar-refractivity contribution in [3.63, 3.8) is 0 Å². The second-order valence-electron chi connectivity index (χ2n) is 8.18. The summed E-state index contributed by atoms with van der Waals surface area (Å²) in [6.07, 6.45) is 0. The highest BCUT2D eigenvalue weighted by Gasteiger charge is 2.17. The molecule has 4 amide bonds. The zero-order valence-corrected chi connectivity index (χ0v) is 21.3. The quantitative estimate of drug-likeness (QED) is 0.156. The molecule has 11 heteroatoms. The zero-order valence-electron chi connectivity index (χ0n) is 20.5. The number of ether oxygens (including phenoxy) is 1. The highest BCUT2D eigenvalue weighted by atomic mass is 35.5. The van der Waals surface area contributed by atoms with Crippen molar-refractivity contribution in [3.05, 3.63) is 118 Å². The number of nitrogens with one attached hydrogen (secondary N) is 3. The van der Waals surface area contributed by atoms with Gasteiger partial charge in [-0.15, -0.1) is 0 Å². The molecule has 0 aliphatic rings. The summed E-state index contributed by atoms with van der Waals surface area (Å²) in [6.45, 7) is 0.265. The lowest BCUT2D eigenvalue weighted by Gasteiger charge is -2.24. The Morgan fingerprint density at radius 3 is 2.03 bits per heavy atom. The average Bonchev–Trinajstić information content (AvgIpc) is 2.94. The first-order chi connectivity index (χ1) is 18.9. The number of benzene rings is 4. The van der Waals surface area contributed by atoms with Crippen molar-refractivity contribution in [2.45, 2.75) is 0 Å². The molecule has 0 saturated heterocycles. The van der Waals surface area contributed by atoms with E-state index >= 15 is 0 Å². The summed E-state index contributed by atoms with van der Waals surface area (Å²) in [5.41, 5.74) is 1.41. The number of hydrogen-bond donors (Lipinski definition) is 3. The first kappa shape index (κ1) is 27.0. The second kappa shape index (κ2) is 12.9. The third-order valence-corrected chi connectivity index (χ3v) is 5.68. The fourth-order valence-electron chi connectivity index (χ4n) is 3.51. The molecule has 4 rings (SSSR count). The third-order valence-electron chi connectivity index (χ3n) is 5.42. The van der Waals surface area contributed by atoms with Crippen molar-refractivity contribution >= 4 is 46.4 Å². The van der Waals surface area contributed by atoms with Gasteiger partial charge in [0.25, 0.3) is 5.69 Å². The molecule has 0 aliphatic carbocycles. The van der Waals surface area contributed by atoms with Gasteiger partial charge in [-0.2, -0.15) is 0 Å². The fourth-order valence-corrected chi connectivity index (χ4v) is 3.64. The van der Waals surface area contributed by atoms with Crippen molar-refractivity contribution < 1.29 is 19.2 Å². The molecule has 198 valence electrons. The number of para-hydroxylation sites is 1. The van der Waals surface area contributed by atoms with Crippen molar-refractivity contribution in [2.75, 3.05) is 28.6 Å². The Morgan fingerprint density at radius 1 is 0.795 bits per heavy atom. The molecule has 10 nitrogen and oxygen atoms in total. The first-order valence-corrected chi connectivity index (χ1v) is 12.2. The van der Waals surface area contributed by atoms with Crippen molar-refractivity contribution in [3.8, 4) is 11.5 Å². The maximum atomic E-state index is 13.2. The number of nitro groups is 1. The number of halogens is 1. The second-order valence-corrected chi connectivity index (χ2v) is 8.62. The molecule has 0 saturated carbocycles. The number of urea groups is 2. The Balaban J connectivity index is 1.44. The van der Waals surface area contributed by atoms with Gasteiger partial charge < -0.3 is 20.7 Å². The maximum absolute atomic E-state index is 13.2. The zero-order chi connectivity index (χ0) is 27.6. The van der Waals surface area contributed by atoms with Crippen LogP contribution in [0.1, 0.15) is 0 Å². The number of non-ortho nitro benzene ring substituents is 1. The average molecular weight is 546 g/mol. The van der Waals surface area contributed by atoms with Crippen molar-refractivity contribution in [1.82, 2.24) is 5.32 Å². The SMILES string of the molecule is O=C(NCCN(C(=O)Nc1ccc([N+](=O)[O-])cc1)c1ccc(Oc2ccccc2)cc1)Nc1ccc(Cl)cc1. The normalized spacial score (nSPS) is 10.3. The van der Waals surface area contributed by atoms with Gasteiger partial charge in [-0.25, -0.2) is 9.59 Å². The van der Waals surface area contributed by atoms with E-state index in [1.165, 1.54) is 29.2 Å². The van der Waals surface area contributed by atoms with Crippen LogP contribution in [0.5, 0.6) is 11.5 Å². The van der Waals surface area contributed by atoms with E-state index in [9.17, 15) is 19.7 Å². The Bertz CT molecular complexity index is 1420. The Morgan fingerprint density at radius 2 is 1.38 bits per heavy atom. The van der Waals surface area contributed by atoms with E-state index in [0.717, 1.165) is 0 Å². The van der Waals surface area contributed by atoms with Gasteiger partial charge in [0.05, 0.1) is 4.92 Å². The molecule has 0 spiro atoms. The number of hydrogen-bond acceptors (Lipinski definition) is 5. The molecule has 0 heterocycles. The van der Waals surface area contributed by atoms with Gasteiger partial charge in [-0.1, -0.05) is 29.8 Å². The van der Waals surface area contributed by atoms with Gasteiger partial charge in [0.1, 0.15) is 11.5 Å². The number of carbonyl (C=O) groups excluding carboxylic acids is 2. The largest absolute Gasteiger partial charge is 0.457 e. The summed E-state index contributed by atoms with van der Waals surface area (Å²) in [6, 6.07) is 27.4. The van der Waals surface area contributed by atoms with Crippen LogP contribution in [0.25, 0.3) is 0 Å². The summed E-state index contributed by atoms with van der Waals surface area (Å²) >= 11 is 5.87. The Labute approximate surface area is 229 Å². The van der Waals surface area contributed by atoms with E-state index < -0.39 is 17.0 Å². The number of anilines is 3. The van der Waals surface area contributed by atoms with Gasteiger partial charge in [-0.3, -0.25) is 15.0 Å². The molecule has 3 N–H and O–H groups in total. The van der Waals surface area contributed by atoms with E-state index in [-0.39, 0.29) is 18.8 Å². The highest BCUT2D eigenvalue weighted by Crippen LogP contribution is 2.25. The van der Waals surface area contributed by atoms with Crippen LogP contribution in [-0.2, 0) is 0 Å². The number of nitro benzene ring substituents is 1. The van der Waals surface area contributed by atoms with Crippen LogP contribution < -0.4 is 25.6 Å². The molecule has 0 radical (unpaired) electrons. The van der Waals surface area contributed by atoms with Crippen LogP contribution >= 0.6 is 11.6 Å². The van der Waals surface area contributed by atoms with Gasteiger partial charge >= 0.3 is 12.1 Å². The molecule has 0 fully saturated rings. The van der Waals surface area contributed by atoms with Crippen LogP contribution in [0.4, 0.5) is 32.3 Å². The maximum Gasteiger partial charge on any atom is 0.326 e. The minimum Gasteiger partial charge on any atom is -0.457 e. The summed E-state index contributed by atoms with van der Waals surface area (Å²) in [5, 5.41) is 19.6. The Kier molecular flexibility index (Phi) is 8.94. The van der Waals surface area contributed by atoms with E-state index in [0.29, 0.717) is 33.6 Å². The molecule has 0 aliphatic heterocycles. The number of carbonyl (C=O) groups is 2. The molecule has 0 bridgehead atoms. The third kappa shape index (κ3) is 7.94. The number of rotatable bonds is 9. The van der Waals surface area contributed by atoms with Crippen LogP contribution in [0, 0.1) is 10.1 Å². The number of amides is 4. The van der Waals surface area contributed by atoms with Gasteiger partial charge in [0.15, 0.2) is 0 Å². The first-order valence-electron chi connectivity index (χ1n) is 11.8. The van der Waals surface area contributed by atoms with Crippen LogP contribution in [0.3, 0.4) is 0 Å². The van der Waals surface area contributed by atoms with Crippen LogP contribution in [-0.4, -0.2) is 30.1 Å². The minimum absolute atomic E-state index is 0.0882. The summed E-state index contributed by atoms with van der Waals surface area (Å²) in [7, 11) is 0. The smallest absolute Gasteiger partial charge is 0.326 e.